The van der Waals surface area contributed by atoms with Gasteiger partial charge in [-0.05, 0) is 71.8 Å². The summed E-state index contributed by atoms with van der Waals surface area (Å²) < 4.78 is 0. The Morgan fingerprint density at radius 2 is 1.30 bits per heavy atom. The Kier molecular flexibility index (Phi) is 5.79. The van der Waals surface area contributed by atoms with Crippen LogP contribution < -0.4 is 10.2 Å². The number of halogens is 1. The largest absolute Gasteiger partial charge is 0.356 e. The van der Waals surface area contributed by atoms with Crippen LogP contribution in [0.3, 0.4) is 0 Å². The monoisotopic (exact) mass is 448 g/mol. The average molecular weight is 449 g/mol. The van der Waals surface area contributed by atoms with Gasteiger partial charge in [0.15, 0.2) is 0 Å². The third kappa shape index (κ3) is 4.59. The lowest BCUT2D eigenvalue weighted by molar-refractivity contribution is -0.113. The van der Waals surface area contributed by atoms with Crippen molar-refractivity contribution in [2.45, 2.75) is 0 Å². The van der Waals surface area contributed by atoms with Crippen LogP contribution in [0.5, 0.6) is 0 Å². The van der Waals surface area contributed by atoms with Crippen molar-refractivity contribution in [3.05, 3.63) is 137 Å². The number of carbonyl (C=O) groups excluding carboxylic acids is 1. The second-order valence-electron chi connectivity index (χ2n) is 7.73. The first kappa shape index (κ1) is 20.8. The first-order chi connectivity index (χ1) is 16.2. The molecule has 1 heterocycles. The van der Waals surface area contributed by atoms with Crippen molar-refractivity contribution in [2.24, 2.45) is 0 Å². The van der Waals surface area contributed by atoms with E-state index in [1.54, 1.807) is 4.90 Å². The quantitative estimate of drug-likeness (QED) is 0.319. The number of anilines is 3. The summed E-state index contributed by atoms with van der Waals surface area (Å²) in [7, 11) is 0. The first-order valence-corrected chi connectivity index (χ1v) is 11.1. The molecule has 0 saturated carbocycles. The number of rotatable bonds is 5. The summed E-state index contributed by atoms with van der Waals surface area (Å²) in [6.45, 7) is 0. The molecule has 160 valence electrons. The molecule has 0 radical (unpaired) electrons. The predicted octanol–water partition coefficient (Wildman–Crippen LogP) is 7.55. The minimum absolute atomic E-state index is 0.0624. The maximum absolute atomic E-state index is 13.5. The van der Waals surface area contributed by atoms with Crippen LogP contribution in [0.1, 0.15) is 11.1 Å². The molecule has 1 amide bonds. The van der Waals surface area contributed by atoms with E-state index in [1.807, 2.05) is 121 Å². The maximum Gasteiger partial charge on any atom is 0.262 e. The Bertz CT molecular complexity index is 1330. The van der Waals surface area contributed by atoms with Crippen molar-refractivity contribution >= 4 is 46.3 Å². The van der Waals surface area contributed by atoms with Gasteiger partial charge in [-0.15, -0.1) is 0 Å². The molecule has 4 aromatic carbocycles. The highest BCUT2D eigenvalue weighted by Gasteiger charge is 2.30. The molecule has 0 unspecified atom stereocenters. The van der Waals surface area contributed by atoms with Crippen LogP contribution in [0.4, 0.5) is 17.1 Å². The van der Waals surface area contributed by atoms with Crippen LogP contribution in [-0.2, 0) is 4.79 Å². The Morgan fingerprint density at radius 1 is 0.697 bits per heavy atom. The Morgan fingerprint density at radius 3 is 1.97 bits per heavy atom. The molecule has 0 saturated heterocycles. The smallest absolute Gasteiger partial charge is 0.262 e. The van der Waals surface area contributed by atoms with E-state index in [9.17, 15) is 4.79 Å². The normalized spacial score (nSPS) is 14.5. The lowest BCUT2D eigenvalue weighted by Crippen LogP contribution is -2.24. The SMILES string of the molecule is O=C1/C(=C/c2ccc(Cl)cc2)C=C(c2ccccc2)N1c1ccc(Nc2ccccc2)cc1. The van der Waals surface area contributed by atoms with E-state index in [0.29, 0.717) is 10.6 Å². The number of hydrogen-bond acceptors (Lipinski definition) is 2. The van der Waals surface area contributed by atoms with Gasteiger partial charge in [-0.25, -0.2) is 0 Å². The summed E-state index contributed by atoms with van der Waals surface area (Å²) in [4.78, 5) is 15.3. The number of nitrogens with one attached hydrogen (secondary N) is 1. The van der Waals surface area contributed by atoms with Gasteiger partial charge in [0.05, 0.1) is 5.70 Å². The zero-order chi connectivity index (χ0) is 22.6. The number of hydrogen-bond donors (Lipinski definition) is 1. The van der Waals surface area contributed by atoms with Crippen molar-refractivity contribution in [3.8, 4) is 0 Å². The van der Waals surface area contributed by atoms with Crippen LogP contribution >= 0.6 is 11.6 Å². The number of para-hydroxylation sites is 1. The number of benzene rings is 4. The van der Waals surface area contributed by atoms with E-state index in [0.717, 1.165) is 33.9 Å². The fourth-order valence-electron chi connectivity index (χ4n) is 3.81. The number of amides is 1. The third-order valence-electron chi connectivity index (χ3n) is 5.43. The molecule has 4 heteroatoms. The lowest BCUT2D eigenvalue weighted by atomic mass is 10.1. The van der Waals surface area contributed by atoms with Gasteiger partial charge in [-0.1, -0.05) is 72.3 Å². The predicted molar refractivity (Wildman–Crippen MR) is 138 cm³/mol. The Labute approximate surface area is 198 Å². The van der Waals surface area contributed by atoms with Crippen LogP contribution in [-0.4, -0.2) is 5.91 Å². The zero-order valence-corrected chi connectivity index (χ0v) is 18.5. The molecule has 0 bridgehead atoms. The molecular weight excluding hydrogens is 428 g/mol. The molecule has 3 nitrogen and oxygen atoms in total. The van der Waals surface area contributed by atoms with Crippen LogP contribution in [0, 0.1) is 0 Å². The molecule has 0 atom stereocenters. The van der Waals surface area contributed by atoms with Gasteiger partial charge in [0.1, 0.15) is 0 Å². The minimum Gasteiger partial charge on any atom is -0.356 e. The summed E-state index contributed by atoms with van der Waals surface area (Å²) in [5.41, 5.74) is 6.17. The van der Waals surface area contributed by atoms with Gasteiger partial charge in [-0.2, -0.15) is 0 Å². The second-order valence-corrected chi connectivity index (χ2v) is 8.16. The van der Waals surface area contributed by atoms with E-state index in [4.69, 9.17) is 11.6 Å². The summed E-state index contributed by atoms with van der Waals surface area (Å²) >= 11 is 6.01. The van der Waals surface area contributed by atoms with Crippen molar-refractivity contribution in [2.75, 3.05) is 10.2 Å². The summed E-state index contributed by atoms with van der Waals surface area (Å²) in [5.74, 6) is -0.0624. The molecule has 0 fully saturated rings. The van der Waals surface area contributed by atoms with Gasteiger partial charge in [-0.3, -0.25) is 9.69 Å². The standard InChI is InChI=1S/C29H21ClN2O/c30-24-13-11-21(12-14-24)19-23-20-28(22-7-3-1-4-8-22)32(29(23)33)27-17-15-26(16-18-27)31-25-9-5-2-6-10-25/h1-20,31H/b23-19+. The van der Waals surface area contributed by atoms with Crippen LogP contribution in [0.15, 0.2) is 121 Å². The molecule has 0 aromatic heterocycles. The second kappa shape index (κ2) is 9.19. The molecule has 0 aliphatic carbocycles. The van der Waals surface area contributed by atoms with Crippen LogP contribution in [0.2, 0.25) is 5.02 Å². The molecular formula is C29H21ClN2O. The highest BCUT2D eigenvalue weighted by Crippen LogP contribution is 2.36. The van der Waals surface area contributed by atoms with Gasteiger partial charge < -0.3 is 5.32 Å². The highest BCUT2D eigenvalue weighted by molar-refractivity contribution is 6.30. The lowest BCUT2D eigenvalue weighted by Gasteiger charge is -2.21. The highest BCUT2D eigenvalue weighted by atomic mass is 35.5. The average Bonchev–Trinajstić information content (AvgIpc) is 3.18. The fourth-order valence-corrected chi connectivity index (χ4v) is 3.94. The Hall–Kier alpha value is -4.08. The van der Waals surface area contributed by atoms with Crippen molar-refractivity contribution in [1.82, 2.24) is 0 Å². The molecule has 5 rings (SSSR count). The van der Waals surface area contributed by atoms with Crippen LogP contribution in [0.25, 0.3) is 11.8 Å². The number of carbonyl (C=O) groups is 1. The van der Waals surface area contributed by atoms with Crippen molar-refractivity contribution < 1.29 is 4.79 Å². The van der Waals surface area contributed by atoms with Gasteiger partial charge in [0, 0.05) is 27.7 Å². The molecule has 0 spiro atoms. The topological polar surface area (TPSA) is 32.3 Å². The van der Waals surface area contributed by atoms with Gasteiger partial charge in [0.2, 0.25) is 0 Å². The van der Waals surface area contributed by atoms with Crippen molar-refractivity contribution in [1.29, 1.82) is 0 Å². The van der Waals surface area contributed by atoms with E-state index in [1.165, 1.54) is 0 Å². The molecule has 1 N–H and O–H groups in total. The van der Waals surface area contributed by atoms with E-state index in [-0.39, 0.29) is 5.91 Å². The Balaban J connectivity index is 1.49. The molecule has 4 aromatic rings. The van der Waals surface area contributed by atoms with Gasteiger partial charge >= 0.3 is 0 Å². The summed E-state index contributed by atoms with van der Waals surface area (Å²) in [6.07, 6.45) is 3.84. The molecule has 1 aliphatic heterocycles. The fraction of sp³-hybridized carbons (Fsp3) is 0. The van der Waals surface area contributed by atoms with E-state index < -0.39 is 0 Å². The third-order valence-corrected chi connectivity index (χ3v) is 5.68. The van der Waals surface area contributed by atoms with Gasteiger partial charge in [0.25, 0.3) is 5.91 Å². The summed E-state index contributed by atoms with van der Waals surface area (Å²) in [6, 6.07) is 35.3. The zero-order valence-electron chi connectivity index (χ0n) is 17.8. The minimum atomic E-state index is -0.0624. The number of nitrogens with zero attached hydrogens (tertiary/aromatic N) is 1. The van der Waals surface area contributed by atoms with E-state index >= 15 is 0 Å². The maximum atomic E-state index is 13.5. The first-order valence-electron chi connectivity index (χ1n) is 10.7. The van der Waals surface area contributed by atoms with E-state index in [2.05, 4.69) is 5.32 Å². The molecule has 33 heavy (non-hydrogen) atoms. The van der Waals surface area contributed by atoms with Crippen molar-refractivity contribution in [3.63, 3.8) is 0 Å². The summed E-state index contributed by atoms with van der Waals surface area (Å²) in [5, 5.41) is 4.05. The molecule has 1 aliphatic rings.